The molecule has 0 bridgehead atoms. The molecule has 4 heteroatoms. The highest BCUT2D eigenvalue weighted by Crippen LogP contribution is 2.25. The molecule has 1 N–H and O–H groups in total. The molecule has 0 aromatic heterocycles. The van der Waals surface area contributed by atoms with Crippen molar-refractivity contribution in [3.63, 3.8) is 0 Å². The van der Waals surface area contributed by atoms with Crippen molar-refractivity contribution in [1.82, 2.24) is 4.90 Å². The summed E-state index contributed by atoms with van der Waals surface area (Å²) in [7, 11) is 1.63. The summed E-state index contributed by atoms with van der Waals surface area (Å²) in [4.78, 5) is 15.1. The molecule has 28 heavy (non-hydrogen) atoms. The number of hydrogen-bond donors (Lipinski definition) is 1. The fourth-order valence-corrected chi connectivity index (χ4v) is 3.97. The SMILES string of the molecule is COc1cccc(NC(=O)C2CCN(Cc3cccc4ccccc34)CC2)c1. The lowest BCUT2D eigenvalue weighted by Gasteiger charge is -2.31. The van der Waals surface area contributed by atoms with Gasteiger partial charge in [-0.05, 0) is 54.4 Å². The number of fused-ring (bicyclic) bond motifs is 1. The summed E-state index contributed by atoms with van der Waals surface area (Å²) in [6.07, 6.45) is 1.78. The Morgan fingerprint density at radius 3 is 2.61 bits per heavy atom. The number of likely N-dealkylation sites (tertiary alicyclic amines) is 1. The van der Waals surface area contributed by atoms with Gasteiger partial charge in [-0.15, -0.1) is 0 Å². The van der Waals surface area contributed by atoms with Gasteiger partial charge in [0.25, 0.3) is 0 Å². The van der Waals surface area contributed by atoms with Crippen molar-refractivity contribution >= 4 is 22.4 Å². The molecule has 0 saturated carbocycles. The number of benzene rings is 3. The molecule has 4 rings (SSSR count). The maximum atomic E-state index is 12.6. The van der Waals surface area contributed by atoms with E-state index in [-0.39, 0.29) is 11.8 Å². The normalized spacial score (nSPS) is 15.5. The zero-order valence-corrected chi connectivity index (χ0v) is 16.2. The molecule has 0 unspecified atom stereocenters. The molecular formula is C24H26N2O2. The average Bonchev–Trinajstić information content (AvgIpc) is 2.74. The van der Waals surface area contributed by atoms with Crippen LogP contribution in [0.1, 0.15) is 18.4 Å². The van der Waals surface area contributed by atoms with Gasteiger partial charge in [-0.2, -0.15) is 0 Å². The molecule has 144 valence electrons. The highest BCUT2D eigenvalue weighted by Gasteiger charge is 2.25. The Bertz CT molecular complexity index is 956. The van der Waals surface area contributed by atoms with Gasteiger partial charge in [-0.1, -0.05) is 48.5 Å². The van der Waals surface area contributed by atoms with Crippen LogP contribution in [0.3, 0.4) is 0 Å². The highest BCUT2D eigenvalue weighted by molar-refractivity contribution is 5.92. The lowest BCUT2D eigenvalue weighted by Crippen LogP contribution is -2.37. The number of carbonyl (C=O) groups excluding carboxylic acids is 1. The first-order chi connectivity index (χ1) is 13.7. The fourth-order valence-electron chi connectivity index (χ4n) is 3.97. The molecule has 0 atom stereocenters. The summed E-state index contributed by atoms with van der Waals surface area (Å²) in [5, 5.41) is 5.64. The van der Waals surface area contributed by atoms with Crippen LogP contribution in [0.5, 0.6) is 5.75 Å². The second kappa shape index (κ2) is 8.44. The first-order valence-corrected chi connectivity index (χ1v) is 9.87. The fraction of sp³-hybridized carbons (Fsp3) is 0.292. The minimum Gasteiger partial charge on any atom is -0.497 e. The van der Waals surface area contributed by atoms with Crippen molar-refractivity contribution in [2.75, 3.05) is 25.5 Å². The van der Waals surface area contributed by atoms with Gasteiger partial charge in [0, 0.05) is 24.2 Å². The zero-order valence-electron chi connectivity index (χ0n) is 16.2. The van der Waals surface area contributed by atoms with Crippen molar-refractivity contribution in [2.24, 2.45) is 5.92 Å². The molecule has 3 aromatic rings. The Balaban J connectivity index is 1.34. The lowest BCUT2D eigenvalue weighted by molar-refractivity contribution is -0.121. The Morgan fingerprint density at radius 2 is 1.79 bits per heavy atom. The van der Waals surface area contributed by atoms with E-state index in [0.717, 1.165) is 43.9 Å². The van der Waals surface area contributed by atoms with Crippen molar-refractivity contribution in [3.8, 4) is 5.75 Å². The number of amides is 1. The number of hydrogen-bond acceptors (Lipinski definition) is 3. The monoisotopic (exact) mass is 374 g/mol. The lowest BCUT2D eigenvalue weighted by atomic mass is 9.95. The van der Waals surface area contributed by atoms with Crippen LogP contribution in [0.2, 0.25) is 0 Å². The molecule has 1 aliphatic rings. The average molecular weight is 374 g/mol. The maximum absolute atomic E-state index is 12.6. The first kappa shape index (κ1) is 18.5. The van der Waals surface area contributed by atoms with Crippen molar-refractivity contribution in [1.29, 1.82) is 0 Å². The quantitative estimate of drug-likeness (QED) is 0.704. The molecule has 1 amide bonds. The Morgan fingerprint density at radius 1 is 1.04 bits per heavy atom. The van der Waals surface area contributed by atoms with Gasteiger partial charge >= 0.3 is 0 Å². The molecule has 0 spiro atoms. The van der Waals surface area contributed by atoms with Crippen molar-refractivity contribution in [3.05, 3.63) is 72.3 Å². The Labute approximate surface area is 166 Å². The Kier molecular flexibility index (Phi) is 5.58. The molecule has 0 radical (unpaired) electrons. The van der Waals surface area contributed by atoms with Crippen LogP contribution < -0.4 is 10.1 Å². The van der Waals surface area contributed by atoms with Crippen molar-refractivity contribution < 1.29 is 9.53 Å². The minimum atomic E-state index is 0.0648. The molecule has 4 nitrogen and oxygen atoms in total. The van der Waals surface area contributed by atoms with E-state index < -0.39 is 0 Å². The van der Waals surface area contributed by atoms with E-state index in [4.69, 9.17) is 4.74 Å². The molecule has 3 aromatic carbocycles. The number of anilines is 1. The predicted octanol–water partition coefficient (Wildman–Crippen LogP) is 4.70. The predicted molar refractivity (Wildman–Crippen MR) is 114 cm³/mol. The molecule has 1 saturated heterocycles. The van der Waals surface area contributed by atoms with Crippen LogP contribution in [0.4, 0.5) is 5.69 Å². The van der Waals surface area contributed by atoms with Gasteiger partial charge in [0.2, 0.25) is 5.91 Å². The molecule has 1 heterocycles. The van der Waals surface area contributed by atoms with Gasteiger partial charge in [0.1, 0.15) is 5.75 Å². The van der Waals surface area contributed by atoms with Crippen LogP contribution in [-0.4, -0.2) is 31.0 Å². The van der Waals surface area contributed by atoms with Crippen LogP contribution in [0.15, 0.2) is 66.7 Å². The van der Waals surface area contributed by atoms with Crippen LogP contribution in [0.25, 0.3) is 10.8 Å². The van der Waals surface area contributed by atoms with Gasteiger partial charge < -0.3 is 10.1 Å². The van der Waals surface area contributed by atoms with E-state index in [9.17, 15) is 4.79 Å². The molecule has 1 fully saturated rings. The van der Waals surface area contributed by atoms with Crippen LogP contribution in [-0.2, 0) is 11.3 Å². The summed E-state index contributed by atoms with van der Waals surface area (Å²) in [5.41, 5.74) is 2.15. The second-order valence-corrected chi connectivity index (χ2v) is 7.41. The molecule has 0 aliphatic carbocycles. The number of carbonyl (C=O) groups is 1. The number of ether oxygens (including phenoxy) is 1. The van der Waals surface area contributed by atoms with Crippen molar-refractivity contribution in [2.45, 2.75) is 19.4 Å². The smallest absolute Gasteiger partial charge is 0.227 e. The topological polar surface area (TPSA) is 41.6 Å². The largest absolute Gasteiger partial charge is 0.497 e. The summed E-state index contributed by atoms with van der Waals surface area (Å²) in [5.74, 6) is 0.927. The van der Waals surface area contributed by atoms with E-state index in [1.54, 1.807) is 7.11 Å². The van der Waals surface area contributed by atoms with Gasteiger partial charge in [-0.3, -0.25) is 9.69 Å². The zero-order chi connectivity index (χ0) is 19.3. The standard InChI is InChI=1S/C24H26N2O2/c1-28-22-10-5-9-21(16-22)25-24(27)19-12-14-26(15-13-19)17-20-8-4-7-18-6-2-3-11-23(18)20/h2-11,16,19H,12-15,17H2,1H3,(H,25,27). The number of piperidine rings is 1. The molecule has 1 aliphatic heterocycles. The summed E-state index contributed by atoms with van der Waals surface area (Å²) in [6, 6.07) is 22.6. The Hall–Kier alpha value is -2.85. The van der Waals surface area contributed by atoms with Gasteiger partial charge in [0.15, 0.2) is 0 Å². The van der Waals surface area contributed by atoms with E-state index in [0.29, 0.717) is 0 Å². The summed E-state index contributed by atoms with van der Waals surface area (Å²) >= 11 is 0. The van der Waals surface area contributed by atoms with Crippen LogP contribution in [0, 0.1) is 5.92 Å². The number of nitrogens with one attached hydrogen (secondary N) is 1. The van der Waals surface area contributed by atoms with E-state index >= 15 is 0 Å². The molecular weight excluding hydrogens is 348 g/mol. The maximum Gasteiger partial charge on any atom is 0.227 e. The first-order valence-electron chi connectivity index (χ1n) is 9.87. The van der Waals surface area contributed by atoms with E-state index in [2.05, 4.69) is 52.7 Å². The third-order valence-corrected chi connectivity index (χ3v) is 5.57. The third-order valence-electron chi connectivity index (χ3n) is 5.57. The number of nitrogens with zero attached hydrogens (tertiary/aromatic N) is 1. The van der Waals surface area contributed by atoms with E-state index in [1.807, 2.05) is 24.3 Å². The van der Waals surface area contributed by atoms with Crippen LogP contribution >= 0.6 is 0 Å². The van der Waals surface area contributed by atoms with Gasteiger partial charge in [0.05, 0.1) is 7.11 Å². The summed E-state index contributed by atoms with van der Waals surface area (Å²) < 4.78 is 5.23. The highest BCUT2D eigenvalue weighted by atomic mass is 16.5. The third kappa shape index (κ3) is 4.18. The summed E-state index contributed by atoms with van der Waals surface area (Å²) in [6.45, 7) is 2.82. The van der Waals surface area contributed by atoms with E-state index in [1.165, 1.54) is 16.3 Å². The second-order valence-electron chi connectivity index (χ2n) is 7.41. The number of rotatable bonds is 5. The van der Waals surface area contributed by atoms with Gasteiger partial charge in [-0.25, -0.2) is 0 Å². The minimum absolute atomic E-state index is 0.0648. The number of methoxy groups -OCH3 is 1.